The maximum absolute atomic E-state index is 13.4. The predicted molar refractivity (Wildman–Crippen MR) is 112 cm³/mol. The van der Waals surface area contributed by atoms with Gasteiger partial charge in [0.05, 0.1) is 17.2 Å². The van der Waals surface area contributed by atoms with E-state index in [4.69, 9.17) is 11.6 Å². The lowest BCUT2D eigenvalue weighted by atomic mass is 9.92. The van der Waals surface area contributed by atoms with Gasteiger partial charge in [-0.2, -0.15) is 0 Å². The van der Waals surface area contributed by atoms with E-state index in [0.717, 1.165) is 18.5 Å². The Morgan fingerprint density at radius 1 is 1.30 bits per heavy atom. The van der Waals surface area contributed by atoms with Gasteiger partial charge in [-0.15, -0.1) is 0 Å². The van der Waals surface area contributed by atoms with Crippen molar-refractivity contribution < 1.29 is 18.3 Å². The van der Waals surface area contributed by atoms with Gasteiger partial charge in [0.15, 0.2) is 14.6 Å². The molecule has 1 atom stereocenters. The molecule has 1 aromatic heterocycles. The molecule has 4 rings (SSSR count). The van der Waals surface area contributed by atoms with E-state index in [-0.39, 0.29) is 23.3 Å². The number of hydrogen-bond acceptors (Lipinski definition) is 6. The average Bonchev–Trinajstić information content (AvgIpc) is 3.56. The number of nitrogens with zero attached hydrogens (tertiary/aromatic N) is 3. The number of sulfone groups is 1. The van der Waals surface area contributed by atoms with E-state index in [2.05, 4.69) is 9.97 Å². The molecule has 1 saturated heterocycles. The van der Waals surface area contributed by atoms with E-state index in [1.165, 1.54) is 24.3 Å². The van der Waals surface area contributed by atoms with Gasteiger partial charge in [-0.1, -0.05) is 11.6 Å². The number of aliphatic hydroxyl groups excluding tert-OH is 1. The molecule has 2 aromatic rings. The van der Waals surface area contributed by atoms with Crippen LogP contribution in [0.1, 0.15) is 48.7 Å². The highest BCUT2D eigenvalue weighted by molar-refractivity contribution is 7.94. The van der Waals surface area contributed by atoms with Gasteiger partial charge in [0.2, 0.25) is 5.91 Å². The minimum Gasteiger partial charge on any atom is -0.392 e. The van der Waals surface area contributed by atoms with Crippen molar-refractivity contribution in [2.45, 2.75) is 54.8 Å². The number of hydrogen-bond donors (Lipinski definition) is 1. The SMILES string of the molecule is Cc1ncc(CO)c(C2CCCN(C(=O)C3(S(=O)(=O)c4ccc(Cl)cc4)CC3)C2)n1. The van der Waals surface area contributed by atoms with E-state index in [0.29, 0.717) is 42.3 Å². The van der Waals surface area contributed by atoms with E-state index >= 15 is 0 Å². The van der Waals surface area contributed by atoms with Crippen LogP contribution in [0.15, 0.2) is 35.4 Å². The Bertz CT molecular complexity index is 1070. The van der Waals surface area contributed by atoms with E-state index in [1.54, 1.807) is 18.0 Å². The molecule has 2 aliphatic rings. The Morgan fingerprint density at radius 2 is 2.00 bits per heavy atom. The lowest BCUT2D eigenvalue weighted by molar-refractivity contribution is -0.132. The molecule has 1 saturated carbocycles. The number of aryl methyl sites for hydroxylation is 1. The van der Waals surface area contributed by atoms with E-state index in [1.807, 2.05) is 0 Å². The molecule has 0 spiro atoms. The van der Waals surface area contributed by atoms with Crippen LogP contribution < -0.4 is 0 Å². The molecule has 1 aliphatic heterocycles. The average molecular weight is 450 g/mol. The Balaban J connectivity index is 1.59. The highest BCUT2D eigenvalue weighted by Gasteiger charge is 2.62. The Morgan fingerprint density at radius 3 is 2.63 bits per heavy atom. The summed E-state index contributed by atoms with van der Waals surface area (Å²) in [5.41, 5.74) is 1.39. The zero-order valence-electron chi connectivity index (χ0n) is 16.7. The van der Waals surface area contributed by atoms with E-state index in [9.17, 15) is 18.3 Å². The number of rotatable bonds is 5. The summed E-state index contributed by atoms with van der Waals surface area (Å²) in [5.74, 6) is 0.216. The smallest absolute Gasteiger partial charge is 0.244 e. The summed E-state index contributed by atoms with van der Waals surface area (Å²) in [4.78, 5) is 23.8. The monoisotopic (exact) mass is 449 g/mol. The summed E-state index contributed by atoms with van der Waals surface area (Å²) in [6, 6.07) is 5.97. The zero-order chi connectivity index (χ0) is 21.5. The second kappa shape index (κ2) is 7.90. The number of carbonyl (C=O) groups excluding carboxylic acids is 1. The first-order valence-corrected chi connectivity index (χ1v) is 11.9. The molecule has 0 radical (unpaired) electrons. The third-order valence-corrected chi connectivity index (χ3v) is 8.77. The third kappa shape index (κ3) is 3.61. The molecule has 0 bridgehead atoms. The van der Waals surface area contributed by atoms with Crippen molar-refractivity contribution >= 4 is 27.3 Å². The van der Waals surface area contributed by atoms with Crippen LogP contribution in [0.25, 0.3) is 0 Å². The quantitative estimate of drug-likeness (QED) is 0.753. The van der Waals surface area contributed by atoms with Crippen LogP contribution in [-0.4, -0.2) is 52.1 Å². The lowest BCUT2D eigenvalue weighted by Crippen LogP contribution is -2.48. The number of amides is 1. The molecule has 9 heteroatoms. The number of halogens is 1. The first-order chi connectivity index (χ1) is 14.3. The van der Waals surface area contributed by atoms with Crippen molar-refractivity contribution in [3.05, 3.63) is 52.6 Å². The maximum Gasteiger partial charge on any atom is 0.244 e. The van der Waals surface area contributed by atoms with Crippen LogP contribution in [0.5, 0.6) is 0 Å². The minimum atomic E-state index is -3.81. The third-order valence-electron chi connectivity index (χ3n) is 6.02. The standard InChI is InChI=1S/C21H24ClN3O4S/c1-14-23-11-16(13-26)19(24-14)15-3-2-10-25(12-15)20(27)21(8-9-21)30(28,29)18-6-4-17(22)5-7-18/h4-7,11,15,26H,2-3,8-10,12-13H2,1H3. The van der Waals surface area contributed by atoms with Gasteiger partial charge in [0, 0.05) is 35.8 Å². The second-order valence-corrected chi connectivity index (χ2v) is 10.7. The summed E-state index contributed by atoms with van der Waals surface area (Å²) in [7, 11) is -3.81. The zero-order valence-corrected chi connectivity index (χ0v) is 18.3. The number of piperidine rings is 1. The lowest BCUT2D eigenvalue weighted by Gasteiger charge is -2.35. The normalized spacial score (nSPS) is 20.8. The fourth-order valence-corrected chi connectivity index (χ4v) is 6.28. The molecule has 1 N–H and O–H groups in total. The number of carbonyl (C=O) groups is 1. The summed E-state index contributed by atoms with van der Waals surface area (Å²) < 4.78 is 25.1. The molecule has 2 fully saturated rings. The Hall–Kier alpha value is -2.03. The molecular weight excluding hydrogens is 426 g/mol. The summed E-state index contributed by atoms with van der Waals surface area (Å²) >= 11 is 5.89. The fourth-order valence-electron chi connectivity index (χ4n) is 4.21. The van der Waals surface area contributed by atoms with Crippen LogP contribution in [0, 0.1) is 6.92 Å². The van der Waals surface area contributed by atoms with Crippen LogP contribution in [0.2, 0.25) is 5.02 Å². The Kier molecular flexibility index (Phi) is 5.59. The van der Waals surface area contributed by atoms with Crippen LogP contribution in [0.3, 0.4) is 0 Å². The molecular formula is C21H24ClN3O4S. The minimum absolute atomic E-state index is 0.0550. The van der Waals surface area contributed by atoms with Crippen molar-refractivity contribution in [3.8, 4) is 0 Å². The largest absolute Gasteiger partial charge is 0.392 e. The molecule has 2 heterocycles. The molecule has 1 unspecified atom stereocenters. The molecule has 7 nitrogen and oxygen atoms in total. The van der Waals surface area contributed by atoms with Crippen molar-refractivity contribution in [3.63, 3.8) is 0 Å². The summed E-state index contributed by atoms with van der Waals surface area (Å²) in [5, 5.41) is 10.1. The highest BCUT2D eigenvalue weighted by Crippen LogP contribution is 2.49. The molecule has 160 valence electrons. The fraction of sp³-hybridized carbons (Fsp3) is 0.476. The number of benzene rings is 1. The van der Waals surface area contributed by atoms with Crippen LogP contribution in [-0.2, 0) is 21.2 Å². The van der Waals surface area contributed by atoms with Gasteiger partial charge >= 0.3 is 0 Å². The maximum atomic E-state index is 13.4. The molecule has 1 amide bonds. The van der Waals surface area contributed by atoms with Crippen molar-refractivity contribution in [2.75, 3.05) is 13.1 Å². The van der Waals surface area contributed by atoms with Gasteiger partial charge < -0.3 is 10.0 Å². The van der Waals surface area contributed by atoms with Crippen molar-refractivity contribution in [2.24, 2.45) is 0 Å². The van der Waals surface area contributed by atoms with Crippen LogP contribution >= 0.6 is 11.6 Å². The van der Waals surface area contributed by atoms with Gasteiger partial charge in [0.25, 0.3) is 0 Å². The molecule has 30 heavy (non-hydrogen) atoms. The first-order valence-electron chi connectivity index (χ1n) is 10.0. The summed E-state index contributed by atoms with van der Waals surface area (Å²) in [6.45, 7) is 2.52. The number of aliphatic hydroxyl groups is 1. The van der Waals surface area contributed by atoms with Gasteiger partial charge in [-0.05, 0) is 56.9 Å². The van der Waals surface area contributed by atoms with Crippen molar-refractivity contribution in [1.29, 1.82) is 0 Å². The van der Waals surface area contributed by atoms with Crippen LogP contribution in [0.4, 0.5) is 0 Å². The van der Waals surface area contributed by atoms with Gasteiger partial charge in [-0.3, -0.25) is 4.79 Å². The summed E-state index contributed by atoms with van der Waals surface area (Å²) in [6.07, 6.45) is 3.84. The van der Waals surface area contributed by atoms with Crippen molar-refractivity contribution in [1.82, 2.24) is 14.9 Å². The van der Waals surface area contributed by atoms with Gasteiger partial charge in [-0.25, -0.2) is 18.4 Å². The van der Waals surface area contributed by atoms with Gasteiger partial charge in [0.1, 0.15) is 5.82 Å². The number of likely N-dealkylation sites (tertiary alicyclic amines) is 1. The Labute approximate surface area is 181 Å². The topological polar surface area (TPSA) is 100 Å². The second-order valence-electron chi connectivity index (χ2n) is 8.03. The predicted octanol–water partition coefficient (Wildman–Crippen LogP) is 2.64. The molecule has 1 aliphatic carbocycles. The number of aromatic nitrogens is 2. The first kappa shape index (κ1) is 21.2. The molecule has 1 aromatic carbocycles. The highest BCUT2D eigenvalue weighted by atomic mass is 35.5. The van der Waals surface area contributed by atoms with E-state index < -0.39 is 14.6 Å².